The van der Waals surface area contributed by atoms with Crippen molar-refractivity contribution in [1.29, 1.82) is 0 Å². The Morgan fingerprint density at radius 1 is 0.958 bits per heavy atom. The molecular weight excluding hydrogens is 288 g/mol. The highest BCUT2D eigenvalue weighted by atomic mass is 14.2. The fraction of sp³-hybridized carbons (Fsp3) is 0.500. The summed E-state index contributed by atoms with van der Waals surface area (Å²) < 4.78 is 0. The van der Waals surface area contributed by atoms with Gasteiger partial charge >= 0.3 is 0 Å². The third-order valence-corrected chi connectivity index (χ3v) is 4.95. The Morgan fingerprint density at radius 2 is 1.67 bits per heavy atom. The summed E-state index contributed by atoms with van der Waals surface area (Å²) in [6, 6.07) is 8.61. The van der Waals surface area contributed by atoms with Crippen LogP contribution in [-0.2, 0) is 6.42 Å². The number of hydrogen-bond donors (Lipinski definition) is 0. The molecule has 1 aromatic carbocycles. The summed E-state index contributed by atoms with van der Waals surface area (Å²) in [5, 5.41) is 0. The lowest BCUT2D eigenvalue weighted by Gasteiger charge is -2.24. The molecule has 1 fully saturated rings. The Hall–Kier alpha value is -1.92. The van der Waals surface area contributed by atoms with Crippen molar-refractivity contribution in [2.45, 2.75) is 65.2 Å². The molecule has 1 saturated carbocycles. The molecule has 2 rings (SSSR count). The molecule has 1 aromatic rings. The van der Waals surface area contributed by atoms with Crippen LogP contribution >= 0.6 is 0 Å². The van der Waals surface area contributed by atoms with Gasteiger partial charge in [0.05, 0.1) is 0 Å². The van der Waals surface area contributed by atoms with Gasteiger partial charge in [0.25, 0.3) is 0 Å². The van der Waals surface area contributed by atoms with Gasteiger partial charge in [0.15, 0.2) is 0 Å². The van der Waals surface area contributed by atoms with E-state index in [1.807, 2.05) is 12.2 Å². The van der Waals surface area contributed by atoms with E-state index in [9.17, 15) is 0 Å². The molecule has 0 radical (unpaired) electrons. The van der Waals surface area contributed by atoms with E-state index in [0.29, 0.717) is 5.92 Å². The first-order valence-corrected chi connectivity index (χ1v) is 9.58. The zero-order valence-electron chi connectivity index (χ0n) is 15.3. The van der Waals surface area contributed by atoms with Crippen LogP contribution in [0.5, 0.6) is 0 Å². The van der Waals surface area contributed by atoms with Crippen molar-refractivity contribution in [3.8, 4) is 23.7 Å². The molecule has 0 bridgehead atoms. The fourth-order valence-electron chi connectivity index (χ4n) is 3.22. The largest absolute Gasteiger partial charge is 0.0951 e. The minimum atomic E-state index is 0.598. The zero-order valence-corrected chi connectivity index (χ0v) is 15.3. The molecule has 0 saturated heterocycles. The number of benzene rings is 1. The minimum absolute atomic E-state index is 0.598. The van der Waals surface area contributed by atoms with Gasteiger partial charge in [-0.05, 0) is 74.3 Å². The Labute approximate surface area is 148 Å². The van der Waals surface area contributed by atoms with Gasteiger partial charge in [0, 0.05) is 11.5 Å². The van der Waals surface area contributed by atoms with Crippen LogP contribution < -0.4 is 0 Å². The van der Waals surface area contributed by atoms with Gasteiger partial charge in [-0.15, -0.1) is 0 Å². The van der Waals surface area contributed by atoms with E-state index in [1.165, 1.54) is 56.9 Å². The number of hydrogen-bond acceptors (Lipinski definition) is 0. The van der Waals surface area contributed by atoms with Gasteiger partial charge < -0.3 is 0 Å². The van der Waals surface area contributed by atoms with Crippen LogP contribution in [0.3, 0.4) is 0 Å². The van der Waals surface area contributed by atoms with Gasteiger partial charge in [-0.3, -0.25) is 0 Å². The fourth-order valence-corrected chi connectivity index (χ4v) is 3.22. The van der Waals surface area contributed by atoms with Crippen molar-refractivity contribution >= 4 is 0 Å². The van der Waals surface area contributed by atoms with Crippen molar-refractivity contribution in [3.05, 3.63) is 47.5 Å². The quantitative estimate of drug-likeness (QED) is 0.583. The average molecular weight is 319 g/mol. The Bertz CT molecular complexity index is 617. The van der Waals surface area contributed by atoms with Gasteiger partial charge in [0.1, 0.15) is 0 Å². The molecule has 0 aliphatic heterocycles. The monoisotopic (exact) mass is 318 g/mol. The molecule has 0 nitrogen and oxygen atoms in total. The maximum Gasteiger partial charge on any atom is 0.0249 e. The number of rotatable bonds is 4. The van der Waals surface area contributed by atoms with Crippen LogP contribution in [0.25, 0.3) is 0 Å². The molecule has 126 valence electrons. The predicted molar refractivity (Wildman–Crippen MR) is 105 cm³/mol. The maximum atomic E-state index is 3.39. The molecule has 0 spiro atoms. The zero-order chi connectivity index (χ0) is 17.0. The van der Waals surface area contributed by atoms with Crippen LogP contribution in [0, 0.1) is 35.5 Å². The van der Waals surface area contributed by atoms with Gasteiger partial charge in [-0.25, -0.2) is 0 Å². The molecule has 0 N–H and O–H groups in total. The molecule has 0 aromatic heterocycles. The highest BCUT2D eigenvalue weighted by Gasteiger charge is 2.17. The van der Waals surface area contributed by atoms with Crippen LogP contribution in [0.2, 0.25) is 0 Å². The van der Waals surface area contributed by atoms with Crippen molar-refractivity contribution < 1.29 is 0 Å². The summed E-state index contributed by atoms with van der Waals surface area (Å²) in [5.74, 6) is 14.4. The molecule has 0 heterocycles. The third kappa shape index (κ3) is 6.68. The van der Waals surface area contributed by atoms with Gasteiger partial charge in [-0.2, -0.15) is 0 Å². The topological polar surface area (TPSA) is 0 Å². The highest BCUT2D eigenvalue weighted by Crippen LogP contribution is 2.29. The van der Waals surface area contributed by atoms with Crippen LogP contribution in [-0.4, -0.2) is 0 Å². The van der Waals surface area contributed by atoms with Crippen LogP contribution in [0.1, 0.15) is 69.9 Å². The molecule has 24 heavy (non-hydrogen) atoms. The summed E-state index contributed by atoms with van der Waals surface area (Å²) >= 11 is 0. The first-order valence-electron chi connectivity index (χ1n) is 9.58. The standard InChI is InChI=1S/C24H30/c1-3-5-10-22-17-19-24(20-18-22)12-9-7-6-8-11-23-15-13-21(4-2)14-16-23/h6-7,17-21,23H,3-5,10,13-16H2,1-2H3/b7-6+/t21-,23-. The first-order chi connectivity index (χ1) is 11.8. The molecule has 0 heteroatoms. The van der Waals surface area contributed by atoms with E-state index in [-0.39, 0.29) is 0 Å². The smallest absolute Gasteiger partial charge is 0.0249 e. The summed E-state index contributed by atoms with van der Waals surface area (Å²) in [5.41, 5.74) is 2.48. The van der Waals surface area contributed by atoms with Crippen LogP contribution in [0.4, 0.5) is 0 Å². The molecular formula is C24H30. The maximum absolute atomic E-state index is 3.39. The summed E-state index contributed by atoms with van der Waals surface area (Å²) in [6.07, 6.45) is 14.0. The number of unbranched alkanes of at least 4 members (excludes halogenated alkanes) is 1. The van der Waals surface area contributed by atoms with Crippen LogP contribution in [0.15, 0.2) is 36.4 Å². The van der Waals surface area contributed by atoms with E-state index < -0.39 is 0 Å². The Kier molecular flexibility index (Phi) is 8.27. The second-order valence-electron chi connectivity index (χ2n) is 6.82. The first kappa shape index (κ1) is 18.4. The van der Waals surface area contributed by atoms with E-state index in [2.05, 4.69) is 61.8 Å². The minimum Gasteiger partial charge on any atom is -0.0951 e. The van der Waals surface area contributed by atoms with Crippen molar-refractivity contribution in [1.82, 2.24) is 0 Å². The SMILES string of the molecule is CCCCc1ccc(C#C/C=C/C#C[C@H]2CC[C@H](CC)CC2)cc1. The lowest BCUT2D eigenvalue weighted by atomic mass is 9.81. The van der Waals surface area contributed by atoms with Gasteiger partial charge in [-0.1, -0.05) is 62.5 Å². The van der Waals surface area contributed by atoms with Crippen molar-refractivity contribution in [3.63, 3.8) is 0 Å². The molecule has 1 aliphatic rings. The Balaban J connectivity index is 1.77. The lowest BCUT2D eigenvalue weighted by molar-refractivity contribution is 0.309. The highest BCUT2D eigenvalue weighted by molar-refractivity contribution is 5.39. The summed E-state index contributed by atoms with van der Waals surface area (Å²) in [4.78, 5) is 0. The summed E-state index contributed by atoms with van der Waals surface area (Å²) in [6.45, 7) is 4.53. The Morgan fingerprint density at radius 3 is 2.33 bits per heavy atom. The lowest BCUT2D eigenvalue weighted by Crippen LogP contribution is -2.12. The van der Waals surface area contributed by atoms with E-state index in [1.54, 1.807) is 0 Å². The second-order valence-corrected chi connectivity index (χ2v) is 6.82. The van der Waals surface area contributed by atoms with E-state index in [0.717, 1.165) is 11.5 Å². The molecule has 1 aliphatic carbocycles. The average Bonchev–Trinajstić information content (AvgIpc) is 2.64. The normalized spacial score (nSPS) is 20.1. The molecule has 0 unspecified atom stereocenters. The van der Waals surface area contributed by atoms with Crippen molar-refractivity contribution in [2.75, 3.05) is 0 Å². The number of allylic oxidation sites excluding steroid dienone is 2. The van der Waals surface area contributed by atoms with Crippen molar-refractivity contribution in [2.24, 2.45) is 11.8 Å². The van der Waals surface area contributed by atoms with E-state index >= 15 is 0 Å². The molecule has 0 atom stereocenters. The third-order valence-electron chi connectivity index (χ3n) is 4.95. The van der Waals surface area contributed by atoms with Gasteiger partial charge in [0.2, 0.25) is 0 Å². The summed E-state index contributed by atoms with van der Waals surface area (Å²) in [7, 11) is 0. The predicted octanol–water partition coefficient (Wildman–Crippen LogP) is 6.16. The second kappa shape index (κ2) is 10.8. The number of aryl methyl sites for hydroxylation is 1. The van der Waals surface area contributed by atoms with E-state index in [4.69, 9.17) is 0 Å². The molecule has 0 amide bonds.